The minimum Gasteiger partial charge on any atom is -0.376 e. The number of halogens is 1. The van der Waals surface area contributed by atoms with Crippen LogP contribution in [-0.4, -0.2) is 39.6 Å². The SMILES string of the molecule is CC(C)[C@@H](Nc1c(C#N)cnc2c(Cl)cc(N[C@H](C3=CN(C4CCN(C(C)(C)C)CC4)NN3)c3ccccc3)cc12)c1ccccc1. The van der Waals surface area contributed by atoms with Crippen LogP contribution in [0.25, 0.3) is 10.9 Å². The van der Waals surface area contributed by atoms with Crippen molar-refractivity contribution in [3.63, 3.8) is 0 Å². The molecule has 0 spiro atoms. The number of anilines is 2. The number of rotatable bonds is 9. The molecular formula is C38H45ClN8. The summed E-state index contributed by atoms with van der Waals surface area (Å²) in [6.07, 6.45) is 5.98. The summed E-state index contributed by atoms with van der Waals surface area (Å²) in [7, 11) is 0. The van der Waals surface area contributed by atoms with E-state index < -0.39 is 0 Å². The number of piperidine rings is 1. The molecule has 0 amide bonds. The second-order valence-electron chi connectivity index (χ2n) is 13.9. The Balaban J connectivity index is 1.33. The molecule has 1 saturated heterocycles. The second-order valence-corrected chi connectivity index (χ2v) is 14.3. The average Bonchev–Trinajstić information content (AvgIpc) is 3.56. The summed E-state index contributed by atoms with van der Waals surface area (Å²) in [6.45, 7) is 13.4. The highest BCUT2D eigenvalue weighted by Gasteiger charge is 2.32. The predicted molar refractivity (Wildman–Crippen MR) is 192 cm³/mol. The third-order valence-corrected chi connectivity index (χ3v) is 9.63. The third kappa shape index (κ3) is 7.18. The maximum atomic E-state index is 10.2. The minimum absolute atomic E-state index is 0.0125. The van der Waals surface area contributed by atoms with Gasteiger partial charge in [-0.2, -0.15) is 5.26 Å². The van der Waals surface area contributed by atoms with Gasteiger partial charge in [0.2, 0.25) is 0 Å². The van der Waals surface area contributed by atoms with Crippen molar-refractivity contribution in [1.29, 1.82) is 5.26 Å². The van der Waals surface area contributed by atoms with Gasteiger partial charge in [0, 0.05) is 48.1 Å². The van der Waals surface area contributed by atoms with E-state index in [1.807, 2.05) is 30.3 Å². The lowest BCUT2D eigenvalue weighted by Crippen LogP contribution is -2.52. The summed E-state index contributed by atoms with van der Waals surface area (Å²) >= 11 is 6.94. The number of hydrogen-bond acceptors (Lipinski definition) is 8. The Morgan fingerprint density at radius 1 is 0.957 bits per heavy atom. The van der Waals surface area contributed by atoms with Crippen molar-refractivity contribution >= 4 is 33.9 Å². The number of nitriles is 1. The van der Waals surface area contributed by atoms with Gasteiger partial charge in [-0.15, -0.1) is 5.53 Å². The average molecular weight is 649 g/mol. The topological polar surface area (TPSA) is 91.3 Å². The standard InChI is InChI=1S/C38H45ClN8/c1-25(2)34(26-12-8-6-9-13-26)43-35-28(22-40)23-41-37-31(35)20-29(21-32(37)39)42-36(27-14-10-7-11-15-27)33-24-47(45-44-33)30-16-18-46(19-17-30)38(3,4)5/h6-15,20-21,23-25,30,34,36,42,44-45H,16-19H2,1-5H3,(H,41,43)/t34-,36+/m1/s1. The van der Waals surface area contributed by atoms with Crippen molar-refractivity contribution < 1.29 is 0 Å². The summed E-state index contributed by atoms with van der Waals surface area (Å²) in [5.41, 5.74) is 13.0. The van der Waals surface area contributed by atoms with Crippen molar-refractivity contribution in [1.82, 2.24) is 25.9 Å². The van der Waals surface area contributed by atoms with Crippen LogP contribution in [0, 0.1) is 17.2 Å². The van der Waals surface area contributed by atoms with Crippen LogP contribution in [0.15, 0.2) is 90.9 Å². The number of hydrazine groups is 2. The number of likely N-dealkylation sites (tertiary alicyclic amines) is 1. The van der Waals surface area contributed by atoms with Crippen LogP contribution >= 0.6 is 11.6 Å². The first kappa shape index (κ1) is 32.6. The fraction of sp³-hybridized carbons (Fsp3) is 0.368. The number of benzene rings is 3. The highest BCUT2D eigenvalue weighted by molar-refractivity contribution is 6.35. The molecule has 6 rings (SSSR count). The first-order valence-electron chi connectivity index (χ1n) is 16.5. The normalized spacial score (nSPS) is 17.2. The van der Waals surface area contributed by atoms with Crippen molar-refractivity contribution in [2.75, 3.05) is 23.7 Å². The summed E-state index contributed by atoms with van der Waals surface area (Å²) in [5, 5.41) is 21.2. The fourth-order valence-electron chi connectivity index (χ4n) is 6.69. The van der Waals surface area contributed by atoms with Crippen LogP contribution in [-0.2, 0) is 0 Å². The molecule has 4 aromatic rings. The number of fused-ring (bicyclic) bond motifs is 1. The molecule has 3 aromatic carbocycles. The van der Waals surface area contributed by atoms with E-state index in [1.165, 1.54) is 0 Å². The molecule has 0 bridgehead atoms. The number of nitrogens with one attached hydrogen (secondary N) is 4. The molecular weight excluding hydrogens is 604 g/mol. The Labute approximate surface area is 283 Å². The fourth-order valence-corrected chi connectivity index (χ4v) is 6.96. The smallest absolute Gasteiger partial charge is 0.103 e. The molecule has 0 saturated carbocycles. The van der Waals surface area contributed by atoms with Gasteiger partial charge in [-0.3, -0.25) is 14.9 Å². The molecule has 4 N–H and O–H groups in total. The molecule has 1 aromatic heterocycles. The van der Waals surface area contributed by atoms with E-state index >= 15 is 0 Å². The zero-order chi connectivity index (χ0) is 33.1. The Morgan fingerprint density at radius 3 is 2.23 bits per heavy atom. The molecule has 47 heavy (non-hydrogen) atoms. The molecule has 0 aliphatic carbocycles. The van der Waals surface area contributed by atoms with E-state index in [4.69, 9.17) is 11.6 Å². The summed E-state index contributed by atoms with van der Waals surface area (Å²) in [4.78, 5) is 7.17. The molecule has 1 fully saturated rings. The Morgan fingerprint density at radius 2 is 1.62 bits per heavy atom. The van der Waals surface area contributed by atoms with Crippen molar-refractivity contribution in [2.45, 2.75) is 71.1 Å². The molecule has 8 nitrogen and oxygen atoms in total. The van der Waals surface area contributed by atoms with Crippen molar-refractivity contribution in [2.24, 2.45) is 5.92 Å². The maximum absolute atomic E-state index is 10.2. The molecule has 2 aliphatic heterocycles. The lowest BCUT2D eigenvalue weighted by Gasteiger charge is -2.42. The van der Waals surface area contributed by atoms with Crippen molar-refractivity contribution in [3.05, 3.63) is 113 Å². The van der Waals surface area contributed by atoms with Gasteiger partial charge in [0.15, 0.2) is 0 Å². The maximum Gasteiger partial charge on any atom is 0.103 e. The van der Waals surface area contributed by atoms with Crippen LogP contribution in [0.3, 0.4) is 0 Å². The predicted octanol–water partition coefficient (Wildman–Crippen LogP) is 8.15. The molecule has 244 valence electrons. The molecule has 3 heterocycles. The Bertz CT molecular complexity index is 1750. The van der Waals surface area contributed by atoms with E-state index in [0.29, 0.717) is 22.1 Å². The number of pyridine rings is 1. The van der Waals surface area contributed by atoms with E-state index in [0.717, 1.165) is 59.5 Å². The number of aromatic nitrogens is 1. The van der Waals surface area contributed by atoms with E-state index in [1.54, 1.807) is 6.20 Å². The highest BCUT2D eigenvalue weighted by atomic mass is 35.5. The van der Waals surface area contributed by atoms with Gasteiger partial charge in [-0.25, -0.2) is 0 Å². The van der Waals surface area contributed by atoms with Gasteiger partial charge in [0.1, 0.15) is 6.07 Å². The van der Waals surface area contributed by atoms with Crippen LogP contribution in [0.2, 0.25) is 5.02 Å². The summed E-state index contributed by atoms with van der Waals surface area (Å²) in [5.74, 6) is 0.267. The third-order valence-electron chi connectivity index (χ3n) is 9.34. The quantitative estimate of drug-likeness (QED) is 0.145. The highest BCUT2D eigenvalue weighted by Crippen LogP contribution is 2.38. The van der Waals surface area contributed by atoms with Crippen molar-refractivity contribution in [3.8, 4) is 6.07 Å². The first-order valence-corrected chi connectivity index (χ1v) is 16.9. The lowest BCUT2D eigenvalue weighted by atomic mass is 9.95. The zero-order valence-corrected chi connectivity index (χ0v) is 28.6. The summed E-state index contributed by atoms with van der Waals surface area (Å²) < 4.78 is 0. The van der Waals surface area contributed by atoms with Gasteiger partial charge >= 0.3 is 0 Å². The minimum atomic E-state index is -0.187. The van der Waals surface area contributed by atoms with Gasteiger partial charge in [0.25, 0.3) is 0 Å². The van der Waals surface area contributed by atoms with Gasteiger partial charge in [0.05, 0.1) is 39.6 Å². The number of hydrogen-bond donors (Lipinski definition) is 4. The monoisotopic (exact) mass is 648 g/mol. The van der Waals surface area contributed by atoms with Crippen LogP contribution < -0.4 is 21.6 Å². The first-order chi connectivity index (χ1) is 22.6. The van der Waals surface area contributed by atoms with Gasteiger partial charge in [-0.05, 0) is 62.8 Å². The van der Waals surface area contributed by atoms with Crippen LogP contribution in [0.5, 0.6) is 0 Å². The second kappa shape index (κ2) is 13.8. The largest absolute Gasteiger partial charge is 0.376 e. The Kier molecular flexibility index (Phi) is 9.60. The van der Waals surface area contributed by atoms with E-state index in [-0.39, 0.29) is 23.5 Å². The molecule has 2 aliphatic rings. The molecule has 2 atom stereocenters. The summed E-state index contributed by atoms with van der Waals surface area (Å²) in [6, 6.07) is 27.3. The molecule has 0 unspecified atom stereocenters. The lowest BCUT2D eigenvalue weighted by molar-refractivity contribution is 0.0570. The van der Waals surface area contributed by atoms with Gasteiger partial charge < -0.3 is 16.1 Å². The molecule has 9 heteroatoms. The number of nitrogens with zero attached hydrogens (tertiary/aromatic N) is 4. The van der Waals surface area contributed by atoms with Gasteiger partial charge in [-0.1, -0.05) is 86.1 Å². The van der Waals surface area contributed by atoms with E-state index in [9.17, 15) is 5.26 Å². The Hall–Kier alpha value is -4.29. The van der Waals surface area contributed by atoms with E-state index in [2.05, 4.69) is 126 Å². The molecule has 0 radical (unpaired) electrons. The zero-order valence-electron chi connectivity index (χ0n) is 27.9. The van der Waals surface area contributed by atoms with Crippen LogP contribution in [0.4, 0.5) is 11.4 Å². The van der Waals surface area contributed by atoms with Crippen LogP contribution in [0.1, 0.15) is 76.2 Å².